The van der Waals surface area contributed by atoms with Gasteiger partial charge in [0.2, 0.25) is 0 Å². The first-order chi connectivity index (χ1) is 10.7. The quantitative estimate of drug-likeness (QED) is 0.679. The van der Waals surface area contributed by atoms with E-state index in [1.54, 1.807) is 18.5 Å². The number of pyridine rings is 1. The summed E-state index contributed by atoms with van der Waals surface area (Å²) >= 11 is 5.84. The van der Waals surface area contributed by atoms with Gasteiger partial charge in [-0.2, -0.15) is 0 Å². The molecule has 0 bridgehead atoms. The molecule has 0 unspecified atom stereocenters. The molecule has 0 radical (unpaired) electrons. The van der Waals surface area contributed by atoms with Crippen LogP contribution in [0.1, 0.15) is 11.1 Å². The number of hydrogen-bond donors (Lipinski definition) is 0. The zero-order valence-corrected chi connectivity index (χ0v) is 12.6. The van der Waals surface area contributed by atoms with Crippen molar-refractivity contribution in [3.05, 3.63) is 77.1 Å². The number of benzene rings is 2. The minimum atomic E-state index is -0.268. The number of hydrogen-bond acceptors (Lipinski definition) is 3. The minimum absolute atomic E-state index is 0.181. The summed E-state index contributed by atoms with van der Waals surface area (Å²) in [5.74, 6) is -0.268. The average molecular weight is 312 g/mol. The molecule has 0 saturated carbocycles. The maximum absolute atomic E-state index is 11.9. The van der Waals surface area contributed by atoms with Crippen LogP contribution < -0.4 is 0 Å². The van der Waals surface area contributed by atoms with Gasteiger partial charge in [-0.25, -0.2) is 0 Å². The molecule has 22 heavy (non-hydrogen) atoms. The van der Waals surface area contributed by atoms with Crippen LogP contribution in [0.3, 0.4) is 0 Å². The van der Waals surface area contributed by atoms with Crippen LogP contribution in [0.2, 0.25) is 5.02 Å². The summed E-state index contributed by atoms with van der Waals surface area (Å²) in [5.41, 5.74) is 1.72. The van der Waals surface area contributed by atoms with Crippen molar-refractivity contribution in [2.45, 2.75) is 13.0 Å². The van der Waals surface area contributed by atoms with Crippen LogP contribution in [0.25, 0.3) is 10.8 Å². The molecular weight excluding hydrogens is 298 g/mol. The van der Waals surface area contributed by atoms with E-state index < -0.39 is 0 Å². The first-order valence-corrected chi connectivity index (χ1v) is 7.31. The molecule has 3 nitrogen and oxygen atoms in total. The van der Waals surface area contributed by atoms with Crippen molar-refractivity contribution in [2.24, 2.45) is 0 Å². The van der Waals surface area contributed by atoms with Gasteiger partial charge in [-0.05, 0) is 22.4 Å². The van der Waals surface area contributed by atoms with Crippen LogP contribution >= 0.6 is 11.6 Å². The van der Waals surface area contributed by atoms with Crippen molar-refractivity contribution in [2.75, 3.05) is 0 Å². The molecule has 0 amide bonds. The van der Waals surface area contributed by atoms with Crippen molar-refractivity contribution in [3.8, 4) is 0 Å². The standard InChI is InChI=1S/C18H14ClNO2/c19-17-8-14(10-20-11-17)12-22-18(21)9-13-5-6-15-3-1-2-4-16(15)7-13/h1-8,10-11H,9,12H2. The molecule has 0 N–H and O–H groups in total. The fourth-order valence-corrected chi connectivity index (χ4v) is 2.46. The van der Waals surface area contributed by atoms with Crippen molar-refractivity contribution in [1.29, 1.82) is 0 Å². The van der Waals surface area contributed by atoms with Gasteiger partial charge in [0.25, 0.3) is 0 Å². The molecule has 1 aromatic heterocycles. The number of aromatic nitrogens is 1. The summed E-state index contributed by atoms with van der Waals surface area (Å²) in [7, 11) is 0. The molecular formula is C18H14ClNO2. The Morgan fingerprint density at radius 1 is 1.00 bits per heavy atom. The number of fused-ring (bicyclic) bond motifs is 1. The smallest absolute Gasteiger partial charge is 0.310 e. The topological polar surface area (TPSA) is 39.2 Å². The molecule has 0 aliphatic heterocycles. The van der Waals surface area contributed by atoms with Crippen LogP contribution in [-0.4, -0.2) is 11.0 Å². The zero-order chi connectivity index (χ0) is 15.4. The molecule has 0 aliphatic carbocycles. The number of halogens is 1. The number of esters is 1. The monoisotopic (exact) mass is 311 g/mol. The lowest BCUT2D eigenvalue weighted by Gasteiger charge is -2.06. The lowest BCUT2D eigenvalue weighted by Crippen LogP contribution is -2.08. The Balaban J connectivity index is 1.63. The summed E-state index contributed by atoms with van der Waals surface area (Å²) in [5, 5.41) is 2.81. The van der Waals surface area contributed by atoms with E-state index in [0.29, 0.717) is 5.02 Å². The van der Waals surface area contributed by atoms with Crippen LogP contribution in [0, 0.1) is 0 Å². The Hall–Kier alpha value is -2.39. The Morgan fingerprint density at radius 3 is 2.64 bits per heavy atom. The van der Waals surface area contributed by atoms with Crippen molar-refractivity contribution in [1.82, 2.24) is 4.98 Å². The molecule has 4 heteroatoms. The van der Waals surface area contributed by atoms with Gasteiger partial charge >= 0.3 is 5.97 Å². The third kappa shape index (κ3) is 3.62. The first kappa shape index (κ1) is 14.5. The second-order valence-corrected chi connectivity index (χ2v) is 5.47. The fraction of sp³-hybridized carbons (Fsp3) is 0.111. The largest absolute Gasteiger partial charge is 0.460 e. The molecule has 1 heterocycles. The molecule has 2 aromatic carbocycles. The molecule has 0 aliphatic rings. The van der Waals surface area contributed by atoms with Gasteiger partial charge in [0.05, 0.1) is 11.4 Å². The van der Waals surface area contributed by atoms with Crippen molar-refractivity contribution < 1.29 is 9.53 Å². The van der Waals surface area contributed by atoms with Gasteiger partial charge in [0, 0.05) is 18.0 Å². The van der Waals surface area contributed by atoms with Crippen molar-refractivity contribution >= 4 is 28.3 Å². The molecule has 3 aromatic rings. The van der Waals surface area contributed by atoms with E-state index in [0.717, 1.165) is 21.9 Å². The lowest BCUT2D eigenvalue weighted by molar-refractivity contribution is -0.144. The third-order valence-electron chi connectivity index (χ3n) is 3.32. The van der Waals surface area contributed by atoms with Crippen LogP contribution in [-0.2, 0) is 22.6 Å². The van der Waals surface area contributed by atoms with Gasteiger partial charge < -0.3 is 4.74 Å². The molecule has 0 fully saturated rings. The predicted molar refractivity (Wildman–Crippen MR) is 86.7 cm³/mol. The van der Waals surface area contributed by atoms with Gasteiger partial charge in [0.1, 0.15) is 6.61 Å². The fourth-order valence-electron chi connectivity index (χ4n) is 2.27. The molecule has 110 valence electrons. The Kier molecular flexibility index (Phi) is 4.35. The molecule has 0 spiro atoms. The highest BCUT2D eigenvalue weighted by molar-refractivity contribution is 6.30. The normalized spacial score (nSPS) is 10.6. The number of carbonyl (C=O) groups excluding carboxylic acids is 1. The number of carbonyl (C=O) groups is 1. The summed E-state index contributed by atoms with van der Waals surface area (Å²) in [6, 6.07) is 15.8. The minimum Gasteiger partial charge on any atom is -0.460 e. The highest BCUT2D eigenvalue weighted by Gasteiger charge is 2.06. The van der Waals surface area contributed by atoms with Gasteiger partial charge in [-0.3, -0.25) is 9.78 Å². The first-order valence-electron chi connectivity index (χ1n) is 6.93. The maximum Gasteiger partial charge on any atom is 0.310 e. The maximum atomic E-state index is 11.9. The second kappa shape index (κ2) is 6.58. The SMILES string of the molecule is O=C(Cc1ccc2ccccc2c1)OCc1cncc(Cl)c1. The van der Waals surface area contributed by atoms with E-state index >= 15 is 0 Å². The molecule has 0 atom stereocenters. The van der Waals surface area contributed by atoms with Crippen molar-refractivity contribution in [3.63, 3.8) is 0 Å². The summed E-state index contributed by atoms with van der Waals surface area (Å²) in [6.45, 7) is 0.181. The highest BCUT2D eigenvalue weighted by Crippen LogP contribution is 2.16. The van der Waals surface area contributed by atoms with E-state index in [9.17, 15) is 4.79 Å². The summed E-state index contributed by atoms with van der Waals surface area (Å²) in [6.07, 6.45) is 3.43. The van der Waals surface area contributed by atoms with E-state index in [1.165, 1.54) is 0 Å². The predicted octanol–water partition coefficient (Wildman–Crippen LogP) is 4.17. The highest BCUT2D eigenvalue weighted by atomic mass is 35.5. The number of nitrogens with zero attached hydrogens (tertiary/aromatic N) is 1. The average Bonchev–Trinajstić information content (AvgIpc) is 2.53. The van der Waals surface area contributed by atoms with E-state index in [1.807, 2.05) is 42.5 Å². The molecule has 3 rings (SSSR count). The van der Waals surface area contributed by atoms with Crippen LogP contribution in [0.15, 0.2) is 60.9 Å². The third-order valence-corrected chi connectivity index (χ3v) is 3.53. The lowest BCUT2D eigenvalue weighted by atomic mass is 10.1. The van der Waals surface area contributed by atoms with Crippen LogP contribution in [0.4, 0.5) is 0 Å². The Bertz CT molecular complexity index is 817. The summed E-state index contributed by atoms with van der Waals surface area (Å²) in [4.78, 5) is 15.9. The Labute approximate surface area is 133 Å². The van der Waals surface area contributed by atoms with Gasteiger partial charge in [0.15, 0.2) is 0 Å². The Morgan fingerprint density at radius 2 is 1.82 bits per heavy atom. The van der Waals surface area contributed by atoms with Crippen LogP contribution in [0.5, 0.6) is 0 Å². The number of rotatable bonds is 4. The van der Waals surface area contributed by atoms with Gasteiger partial charge in [-0.1, -0.05) is 54.1 Å². The van der Waals surface area contributed by atoms with Gasteiger partial charge in [-0.15, -0.1) is 0 Å². The number of ether oxygens (including phenoxy) is 1. The van der Waals surface area contributed by atoms with E-state index in [2.05, 4.69) is 4.98 Å². The van der Waals surface area contributed by atoms with E-state index in [-0.39, 0.29) is 19.0 Å². The van der Waals surface area contributed by atoms with E-state index in [4.69, 9.17) is 16.3 Å². The molecule has 0 saturated heterocycles. The zero-order valence-electron chi connectivity index (χ0n) is 11.8. The second-order valence-electron chi connectivity index (χ2n) is 5.03. The summed E-state index contributed by atoms with van der Waals surface area (Å²) < 4.78 is 5.26.